The number of nitrogens with zero attached hydrogens (tertiary/aromatic N) is 2. The number of aromatic nitrogens is 2. The highest BCUT2D eigenvalue weighted by Crippen LogP contribution is 2.23. The van der Waals surface area contributed by atoms with Crippen LogP contribution >= 0.6 is 0 Å². The number of rotatable bonds is 1. The summed E-state index contributed by atoms with van der Waals surface area (Å²) in [5.74, 6) is 0.727. The van der Waals surface area contributed by atoms with Crippen LogP contribution < -0.4 is 10.5 Å². The van der Waals surface area contributed by atoms with Gasteiger partial charge in [-0.25, -0.2) is 4.79 Å². The third-order valence-electron chi connectivity index (χ3n) is 2.63. The summed E-state index contributed by atoms with van der Waals surface area (Å²) in [4.78, 5) is 12.0. The molecule has 100 valence electrons. The Morgan fingerprint density at radius 3 is 2.42 bits per heavy atom. The van der Waals surface area contributed by atoms with E-state index in [1.54, 1.807) is 30.3 Å². The van der Waals surface area contributed by atoms with E-state index in [0.717, 1.165) is 10.4 Å². The Labute approximate surface area is 112 Å². The largest absolute Gasteiger partial charge is 0.442 e. The van der Waals surface area contributed by atoms with Gasteiger partial charge in [0.15, 0.2) is 0 Å². The lowest BCUT2D eigenvalue weighted by molar-refractivity contribution is 0.199. The van der Waals surface area contributed by atoms with Gasteiger partial charge in [0.2, 0.25) is 0 Å². The van der Waals surface area contributed by atoms with Gasteiger partial charge in [0.1, 0.15) is 11.6 Å². The zero-order valence-corrected chi connectivity index (χ0v) is 11.3. The van der Waals surface area contributed by atoms with E-state index in [1.807, 2.05) is 26.8 Å². The van der Waals surface area contributed by atoms with Crippen molar-refractivity contribution >= 4 is 11.9 Å². The first kappa shape index (κ1) is 13.1. The first-order chi connectivity index (χ1) is 8.88. The summed E-state index contributed by atoms with van der Waals surface area (Å²) in [6.45, 7) is 6.00. The van der Waals surface area contributed by atoms with Crippen LogP contribution in [0.4, 0.5) is 10.6 Å². The van der Waals surface area contributed by atoms with Crippen molar-refractivity contribution in [3.05, 3.63) is 42.1 Å². The number of para-hydroxylation sites is 1. The zero-order valence-electron chi connectivity index (χ0n) is 11.3. The molecule has 0 saturated carbocycles. The molecule has 5 heteroatoms. The standard InChI is InChI=1S/C14H17N3O2/c1-14(2,3)11-9-12(15)17(16-11)13(18)19-10-7-5-4-6-8-10/h4-9H,15H2,1-3H3. The summed E-state index contributed by atoms with van der Waals surface area (Å²) >= 11 is 0. The van der Waals surface area contributed by atoms with Gasteiger partial charge in [0.25, 0.3) is 0 Å². The van der Waals surface area contributed by atoms with E-state index in [-0.39, 0.29) is 11.2 Å². The van der Waals surface area contributed by atoms with Gasteiger partial charge in [0, 0.05) is 11.5 Å². The Hall–Kier alpha value is -2.30. The highest BCUT2D eigenvalue weighted by molar-refractivity contribution is 5.75. The van der Waals surface area contributed by atoms with Crippen LogP contribution in [-0.4, -0.2) is 15.9 Å². The van der Waals surface area contributed by atoms with Crippen LogP contribution in [0.15, 0.2) is 36.4 Å². The van der Waals surface area contributed by atoms with Gasteiger partial charge in [-0.1, -0.05) is 39.0 Å². The molecule has 2 aromatic rings. The third-order valence-corrected chi connectivity index (χ3v) is 2.63. The lowest BCUT2D eigenvalue weighted by atomic mass is 9.92. The molecule has 2 rings (SSSR count). The maximum atomic E-state index is 12.0. The normalized spacial score (nSPS) is 11.3. The Bertz CT molecular complexity index is 582. The predicted molar refractivity (Wildman–Crippen MR) is 73.2 cm³/mol. The minimum Gasteiger partial charge on any atom is -0.409 e. The molecule has 0 fully saturated rings. The molecule has 0 saturated heterocycles. The number of carbonyl (C=O) groups excluding carboxylic acids is 1. The summed E-state index contributed by atoms with van der Waals surface area (Å²) in [5.41, 5.74) is 6.36. The fourth-order valence-corrected chi connectivity index (χ4v) is 1.54. The predicted octanol–water partition coefficient (Wildman–Crippen LogP) is 2.81. The maximum Gasteiger partial charge on any atom is 0.442 e. The molecule has 0 amide bonds. The number of carbonyl (C=O) groups is 1. The van der Waals surface area contributed by atoms with Gasteiger partial charge in [-0.05, 0) is 12.1 Å². The van der Waals surface area contributed by atoms with Crippen LogP contribution in [0.2, 0.25) is 0 Å². The van der Waals surface area contributed by atoms with E-state index < -0.39 is 6.09 Å². The molecular formula is C14H17N3O2. The van der Waals surface area contributed by atoms with E-state index in [4.69, 9.17) is 10.5 Å². The molecule has 0 spiro atoms. The van der Waals surface area contributed by atoms with E-state index in [9.17, 15) is 4.79 Å². The van der Waals surface area contributed by atoms with Crippen LogP contribution in [-0.2, 0) is 5.41 Å². The molecule has 0 aliphatic carbocycles. The number of benzene rings is 1. The molecule has 0 radical (unpaired) electrons. The molecule has 0 aliphatic heterocycles. The maximum absolute atomic E-state index is 12.0. The first-order valence-electron chi connectivity index (χ1n) is 6.01. The topological polar surface area (TPSA) is 70.1 Å². The Morgan fingerprint density at radius 2 is 1.89 bits per heavy atom. The zero-order chi connectivity index (χ0) is 14.0. The minimum absolute atomic E-state index is 0.174. The molecule has 5 nitrogen and oxygen atoms in total. The van der Waals surface area contributed by atoms with Gasteiger partial charge >= 0.3 is 6.09 Å². The second kappa shape index (κ2) is 4.76. The lowest BCUT2D eigenvalue weighted by Crippen LogP contribution is -2.21. The van der Waals surface area contributed by atoms with Crippen molar-refractivity contribution < 1.29 is 9.53 Å². The highest BCUT2D eigenvalue weighted by atomic mass is 16.6. The fraction of sp³-hybridized carbons (Fsp3) is 0.286. The molecule has 0 atom stereocenters. The smallest absolute Gasteiger partial charge is 0.409 e. The Balaban J connectivity index is 2.23. The van der Waals surface area contributed by atoms with Crippen LogP contribution in [0, 0.1) is 0 Å². The molecule has 19 heavy (non-hydrogen) atoms. The molecule has 1 heterocycles. The average Bonchev–Trinajstić information content (AvgIpc) is 2.72. The van der Waals surface area contributed by atoms with Crippen molar-refractivity contribution in [2.24, 2.45) is 0 Å². The summed E-state index contributed by atoms with van der Waals surface area (Å²) in [5, 5.41) is 4.19. The van der Waals surface area contributed by atoms with E-state index in [1.165, 1.54) is 0 Å². The quantitative estimate of drug-likeness (QED) is 0.854. The van der Waals surface area contributed by atoms with Crippen LogP contribution in [0.25, 0.3) is 0 Å². The van der Waals surface area contributed by atoms with E-state index in [0.29, 0.717) is 5.75 Å². The van der Waals surface area contributed by atoms with Crippen LogP contribution in [0.1, 0.15) is 26.5 Å². The molecular weight excluding hydrogens is 242 g/mol. The fourth-order valence-electron chi connectivity index (χ4n) is 1.54. The number of anilines is 1. The molecule has 2 N–H and O–H groups in total. The monoisotopic (exact) mass is 259 g/mol. The van der Waals surface area contributed by atoms with Crippen molar-refractivity contribution in [1.82, 2.24) is 9.78 Å². The van der Waals surface area contributed by atoms with E-state index >= 15 is 0 Å². The van der Waals surface area contributed by atoms with Crippen LogP contribution in [0.5, 0.6) is 5.75 Å². The van der Waals surface area contributed by atoms with Gasteiger partial charge in [-0.15, -0.1) is 4.68 Å². The number of nitrogens with two attached hydrogens (primary N) is 1. The SMILES string of the molecule is CC(C)(C)c1cc(N)n(C(=O)Oc2ccccc2)n1. The molecule has 1 aromatic carbocycles. The third kappa shape index (κ3) is 2.93. The molecule has 0 aliphatic rings. The van der Waals surface area contributed by atoms with Crippen molar-refractivity contribution in [2.75, 3.05) is 5.73 Å². The minimum atomic E-state index is -0.612. The second-order valence-electron chi connectivity index (χ2n) is 5.30. The van der Waals surface area contributed by atoms with Gasteiger partial charge in [0.05, 0.1) is 5.69 Å². The highest BCUT2D eigenvalue weighted by Gasteiger charge is 2.22. The number of hydrogen-bond donors (Lipinski definition) is 1. The van der Waals surface area contributed by atoms with Crippen LogP contribution in [0.3, 0.4) is 0 Å². The van der Waals surface area contributed by atoms with E-state index in [2.05, 4.69) is 5.10 Å². The van der Waals surface area contributed by atoms with Crippen molar-refractivity contribution in [3.8, 4) is 5.75 Å². The number of hydrogen-bond acceptors (Lipinski definition) is 4. The van der Waals surface area contributed by atoms with Gasteiger partial charge in [-0.2, -0.15) is 5.10 Å². The Kier molecular flexibility index (Phi) is 3.29. The molecule has 0 unspecified atom stereocenters. The average molecular weight is 259 g/mol. The van der Waals surface area contributed by atoms with Crippen molar-refractivity contribution in [2.45, 2.75) is 26.2 Å². The van der Waals surface area contributed by atoms with Gasteiger partial charge < -0.3 is 10.5 Å². The Morgan fingerprint density at radius 1 is 1.26 bits per heavy atom. The summed E-state index contributed by atoms with van der Waals surface area (Å²) < 4.78 is 6.27. The number of ether oxygens (including phenoxy) is 1. The second-order valence-corrected chi connectivity index (χ2v) is 5.30. The number of nitrogen functional groups attached to an aromatic ring is 1. The summed E-state index contributed by atoms with van der Waals surface area (Å²) in [7, 11) is 0. The van der Waals surface area contributed by atoms with Crippen molar-refractivity contribution in [1.29, 1.82) is 0 Å². The van der Waals surface area contributed by atoms with Gasteiger partial charge in [-0.3, -0.25) is 0 Å². The van der Waals surface area contributed by atoms with Crippen molar-refractivity contribution in [3.63, 3.8) is 0 Å². The summed E-state index contributed by atoms with van der Waals surface area (Å²) in [6, 6.07) is 10.5. The molecule has 1 aromatic heterocycles. The molecule has 0 bridgehead atoms. The first-order valence-corrected chi connectivity index (χ1v) is 6.01. The summed E-state index contributed by atoms with van der Waals surface area (Å²) in [6.07, 6.45) is -0.612. The lowest BCUT2D eigenvalue weighted by Gasteiger charge is -2.13.